The Balaban J connectivity index is 1.59. The minimum atomic E-state index is -0.120. The molecule has 0 aliphatic heterocycles. The molecule has 0 saturated heterocycles. The zero-order valence-corrected chi connectivity index (χ0v) is 13.9. The van der Waals surface area contributed by atoms with Gasteiger partial charge in [-0.1, -0.05) is 0 Å². The van der Waals surface area contributed by atoms with Crippen LogP contribution >= 0.6 is 15.9 Å². The van der Waals surface area contributed by atoms with E-state index in [1.165, 1.54) is 44.9 Å². The molecule has 0 spiro atoms. The van der Waals surface area contributed by atoms with Crippen LogP contribution in [-0.4, -0.2) is 16.0 Å². The number of rotatable bonds is 3. The van der Waals surface area contributed by atoms with Crippen LogP contribution in [0, 0.1) is 23.2 Å². The number of anilines is 1. The molecule has 114 valence electrons. The van der Waals surface area contributed by atoms with E-state index in [4.69, 9.17) is 0 Å². The number of aromatic amines is 1. The van der Waals surface area contributed by atoms with Crippen molar-refractivity contribution in [3.05, 3.63) is 21.2 Å². The number of nitrogens with one attached hydrogen (secondary N) is 2. The smallest absolute Gasteiger partial charge is 0.267 e. The van der Waals surface area contributed by atoms with Crippen LogP contribution in [0.15, 0.2) is 15.6 Å². The molecule has 1 heterocycles. The first-order chi connectivity index (χ1) is 10.1. The number of hydrogen-bond acceptors (Lipinski definition) is 3. The fraction of sp³-hybridized carbons (Fsp3) is 0.750. The molecule has 21 heavy (non-hydrogen) atoms. The van der Waals surface area contributed by atoms with Gasteiger partial charge in [-0.15, -0.1) is 0 Å². The van der Waals surface area contributed by atoms with Crippen molar-refractivity contribution in [2.24, 2.45) is 23.2 Å². The highest BCUT2D eigenvalue weighted by atomic mass is 79.9. The Morgan fingerprint density at radius 1 is 1.29 bits per heavy atom. The molecular formula is C16H22BrN3O. The number of hydrogen-bond donors (Lipinski definition) is 2. The summed E-state index contributed by atoms with van der Waals surface area (Å²) < 4.78 is 0.515. The molecule has 4 bridgehead atoms. The van der Waals surface area contributed by atoms with Crippen LogP contribution in [0.25, 0.3) is 0 Å². The topological polar surface area (TPSA) is 57.8 Å². The van der Waals surface area contributed by atoms with Gasteiger partial charge in [-0.05, 0) is 84.5 Å². The van der Waals surface area contributed by atoms with E-state index in [1.54, 1.807) is 0 Å². The SMILES string of the molecule is CC(Nc1nc[nH]c(=O)c1Br)C12CC3CC(CC(C3)C1)C2. The van der Waals surface area contributed by atoms with Crippen molar-refractivity contribution in [3.63, 3.8) is 0 Å². The quantitative estimate of drug-likeness (QED) is 0.875. The summed E-state index contributed by atoms with van der Waals surface area (Å²) in [6.07, 6.45) is 9.91. The average molecular weight is 352 g/mol. The molecule has 1 aromatic heterocycles. The Kier molecular flexibility index (Phi) is 3.18. The van der Waals surface area contributed by atoms with Crippen LogP contribution in [0.4, 0.5) is 5.82 Å². The van der Waals surface area contributed by atoms with Crippen molar-refractivity contribution in [2.45, 2.75) is 51.5 Å². The van der Waals surface area contributed by atoms with Gasteiger partial charge in [0.2, 0.25) is 0 Å². The molecule has 4 fully saturated rings. The van der Waals surface area contributed by atoms with Crippen molar-refractivity contribution in [1.29, 1.82) is 0 Å². The van der Waals surface area contributed by atoms with Crippen molar-refractivity contribution in [3.8, 4) is 0 Å². The lowest BCUT2D eigenvalue weighted by atomic mass is 9.48. The maximum Gasteiger partial charge on any atom is 0.267 e. The minimum Gasteiger partial charge on any atom is -0.366 e. The summed E-state index contributed by atoms with van der Waals surface area (Å²) in [4.78, 5) is 18.6. The van der Waals surface area contributed by atoms with E-state index in [-0.39, 0.29) is 5.56 Å². The standard InChI is InChI=1S/C16H22BrN3O/c1-9(20-14-13(17)15(21)19-8-18-14)16-5-10-2-11(6-16)4-12(3-10)7-16/h8-12H,2-7H2,1H3,(H2,18,19,20,21). The predicted molar refractivity (Wildman–Crippen MR) is 86.2 cm³/mol. The first-order valence-electron chi connectivity index (χ1n) is 8.05. The molecule has 4 saturated carbocycles. The van der Waals surface area contributed by atoms with Crippen LogP contribution in [0.1, 0.15) is 45.4 Å². The molecule has 5 rings (SSSR count). The lowest BCUT2D eigenvalue weighted by Crippen LogP contribution is -2.53. The van der Waals surface area contributed by atoms with Crippen LogP contribution in [0.2, 0.25) is 0 Å². The number of halogens is 1. The van der Waals surface area contributed by atoms with Gasteiger partial charge < -0.3 is 10.3 Å². The summed E-state index contributed by atoms with van der Waals surface area (Å²) in [6, 6.07) is 0.372. The van der Waals surface area contributed by atoms with E-state index in [0.29, 0.717) is 21.7 Å². The second kappa shape index (κ2) is 4.83. The zero-order valence-electron chi connectivity index (χ0n) is 12.4. The van der Waals surface area contributed by atoms with E-state index in [0.717, 1.165) is 17.8 Å². The normalized spacial score (nSPS) is 38.5. The second-order valence-electron chi connectivity index (χ2n) is 7.54. The van der Waals surface area contributed by atoms with E-state index >= 15 is 0 Å². The molecule has 0 amide bonds. The van der Waals surface area contributed by atoms with Crippen molar-refractivity contribution >= 4 is 21.7 Å². The Morgan fingerprint density at radius 3 is 2.43 bits per heavy atom. The maximum absolute atomic E-state index is 11.7. The van der Waals surface area contributed by atoms with Gasteiger partial charge in [-0.3, -0.25) is 4.79 Å². The van der Waals surface area contributed by atoms with Gasteiger partial charge in [0.25, 0.3) is 5.56 Å². The summed E-state index contributed by atoms with van der Waals surface area (Å²) in [5.41, 5.74) is 0.295. The highest BCUT2D eigenvalue weighted by Crippen LogP contribution is 2.61. The molecule has 4 nitrogen and oxygen atoms in total. The van der Waals surface area contributed by atoms with Crippen LogP contribution in [-0.2, 0) is 0 Å². The fourth-order valence-electron chi connectivity index (χ4n) is 5.55. The second-order valence-corrected chi connectivity index (χ2v) is 8.33. The molecule has 4 aliphatic carbocycles. The predicted octanol–water partition coefficient (Wildman–Crippen LogP) is 3.55. The van der Waals surface area contributed by atoms with Crippen LogP contribution in [0.3, 0.4) is 0 Å². The fourth-order valence-corrected chi connectivity index (χ4v) is 5.88. The summed E-state index contributed by atoms with van der Waals surface area (Å²) in [5, 5.41) is 3.53. The minimum absolute atomic E-state index is 0.120. The maximum atomic E-state index is 11.7. The molecular weight excluding hydrogens is 330 g/mol. The van der Waals surface area contributed by atoms with Gasteiger partial charge in [-0.25, -0.2) is 4.98 Å². The molecule has 2 N–H and O–H groups in total. The Hall–Kier alpha value is -0.840. The van der Waals surface area contributed by atoms with Crippen LogP contribution in [0.5, 0.6) is 0 Å². The third-order valence-corrected chi connectivity index (χ3v) is 6.89. The van der Waals surface area contributed by atoms with E-state index in [1.807, 2.05) is 0 Å². The van der Waals surface area contributed by atoms with Gasteiger partial charge in [0.05, 0.1) is 6.33 Å². The number of H-pyrrole nitrogens is 1. The van der Waals surface area contributed by atoms with Gasteiger partial charge in [0.1, 0.15) is 10.3 Å². The lowest BCUT2D eigenvalue weighted by Gasteiger charge is -2.59. The summed E-state index contributed by atoms with van der Waals surface area (Å²) in [5.74, 6) is 3.50. The van der Waals surface area contributed by atoms with E-state index in [2.05, 4.69) is 38.1 Å². The summed E-state index contributed by atoms with van der Waals surface area (Å²) in [6.45, 7) is 2.28. The average Bonchev–Trinajstić information content (AvgIpc) is 2.42. The first kappa shape index (κ1) is 13.8. The molecule has 1 unspecified atom stereocenters. The van der Waals surface area contributed by atoms with Crippen LogP contribution < -0.4 is 10.9 Å². The van der Waals surface area contributed by atoms with E-state index < -0.39 is 0 Å². The zero-order chi connectivity index (χ0) is 14.6. The monoisotopic (exact) mass is 351 g/mol. The van der Waals surface area contributed by atoms with E-state index in [9.17, 15) is 4.79 Å². The highest BCUT2D eigenvalue weighted by Gasteiger charge is 2.53. The summed E-state index contributed by atoms with van der Waals surface area (Å²) >= 11 is 3.35. The lowest BCUT2D eigenvalue weighted by molar-refractivity contribution is -0.0603. The van der Waals surface area contributed by atoms with Crippen molar-refractivity contribution in [2.75, 3.05) is 5.32 Å². The third kappa shape index (κ3) is 2.24. The molecule has 1 aromatic rings. The summed E-state index contributed by atoms with van der Waals surface area (Å²) in [7, 11) is 0. The Bertz CT molecular complexity index is 577. The van der Waals surface area contributed by atoms with Gasteiger partial charge >= 0.3 is 0 Å². The molecule has 1 atom stereocenters. The van der Waals surface area contributed by atoms with Gasteiger partial charge in [0.15, 0.2) is 0 Å². The van der Waals surface area contributed by atoms with Gasteiger partial charge in [-0.2, -0.15) is 0 Å². The highest BCUT2D eigenvalue weighted by molar-refractivity contribution is 9.10. The van der Waals surface area contributed by atoms with Gasteiger partial charge in [0, 0.05) is 6.04 Å². The third-order valence-electron chi connectivity index (χ3n) is 6.15. The molecule has 0 radical (unpaired) electrons. The Morgan fingerprint density at radius 2 is 1.86 bits per heavy atom. The molecule has 5 heteroatoms. The number of nitrogens with zero attached hydrogens (tertiary/aromatic N) is 1. The Labute approximate surface area is 133 Å². The first-order valence-corrected chi connectivity index (χ1v) is 8.85. The number of aromatic nitrogens is 2. The molecule has 0 aromatic carbocycles. The van der Waals surface area contributed by atoms with Crippen molar-refractivity contribution < 1.29 is 0 Å². The molecule has 4 aliphatic rings. The largest absolute Gasteiger partial charge is 0.366 e. The van der Waals surface area contributed by atoms with Crippen molar-refractivity contribution in [1.82, 2.24) is 9.97 Å².